The molecule has 0 aliphatic carbocycles. The Morgan fingerprint density at radius 1 is 0.462 bits per heavy atom. The number of fused-ring (bicyclic) bond motifs is 14. The second-order valence-corrected chi connectivity index (χ2v) is 15.5. The van der Waals surface area contributed by atoms with Gasteiger partial charge in [-0.25, -0.2) is 0 Å². The van der Waals surface area contributed by atoms with Crippen LogP contribution in [0.4, 0.5) is 0 Å². The lowest BCUT2D eigenvalue weighted by Gasteiger charge is -2.19. The van der Waals surface area contributed by atoms with Gasteiger partial charge in [-0.2, -0.15) is 10.5 Å². The van der Waals surface area contributed by atoms with Crippen LogP contribution < -0.4 is 0 Å². The van der Waals surface area contributed by atoms with Gasteiger partial charge >= 0.3 is 0 Å². The Kier molecular flexibility index (Phi) is 6.08. The lowest BCUT2D eigenvalue weighted by molar-refractivity contribution is 1.05. The van der Waals surface area contributed by atoms with Gasteiger partial charge in [-0.1, -0.05) is 79.7 Å². The van der Waals surface area contributed by atoms with E-state index in [2.05, 4.69) is 149 Å². The topological polar surface area (TPSA) is 57.4 Å². The summed E-state index contributed by atoms with van der Waals surface area (Å²) in [6, 6.07) is 50.4. The fraction of sp³-hybridized carbons (Fsp3) is 0.0435. The Balaban J connectivity index is 1.32. The maximum atomic E-state index is 11.0. The van der Waals surface area contributed by atoms with Gasteiger partial charge in [0.1, 0.15) is 12.1 Å². The number of hydrogen-bond acceptors (Lipinski definition) is 4. The smallest absolute Gasteiger partial charge is 0.102 e. The molecular weight excluding hydrogens is 673 g/mol. The van der Waals surface area contributed by atoms with Crippen LogP contribution in [0.1, 0.15) is 23.6 Å². The molecule has 0 atom stereocenters. The van der Waals surface area contributed by atoms with Crippen LogP contribution in [0.15, 0.2) is 127 Å². The molecule has 4 nitrogen and oxygen atoms in total. The molecule has 4 heterocycles. The molecule has 0 N–H and O–H groups in total. The van der Waals surface area contributed by atoms with E-state index in [1.165, 1.54) is 51.1 Å². The highest BCUT2D eigenvalue weighted by Gasteiger charge is 2.26. The Morgan fingerprint density at radius 3 is 1.33 bits per heavy atom. The zero-order chi connectivity index (χ0) is 34.7. The van der Waals surface area contributed by atoms with Gasteiger partial charge in [-0.3, -0.25) is 0 Å². The van der Waals surface area contributed by atoms with Crippen LogP contribution in [0, 0.1) is 22.7 Å². The summed E-state index contributed by atoms with van der Waals surface area (Å²) in [5, 5.41) is 31.5. The predicted molar refractivity (Wildman–Crippen MR) is 220 cm³/mol. The molecule has 0 fully saturated rings. The fourth-order valence-corrected chi connectivity index (χ4v) is 11.0. The number of thiophene rings is 2. The van der Waals surface area contributed by atoms with Crippen LogP contribution in [-0.4, -0.2) is 9.13 Å². The largest absolute Gasteiger partial charge is 0.308 e. The summed E-state index contributed by atoms with van der Waals surface area (Å²) in [5.74, 6) is 0. The summed E-state index contributed by atoms with van der Waals surface area (Å²) in [7, 11) is 0. The highest BCUT2D eigenvalue weighted by atomic mass is 32.1. The Labute approximate surface area is 305 Å². The van der Waals surface area contributed by atoms with Crippen LogP contribution in [0.5, 0.6) is 0 Å². The third-order valence-electron chi connectivity index (χ3n) is 10.8. The summed E-state index contributed by atoms with van der Waals surface area (Å²) in [6.07, 6.45) is 0.541. The van der Waals surface area contributed by atoms with E-state index in [1.54, 1.807) is 0 Å². The summed E-state index contributed by atoms with van der Waals surface area (Å²) < 4.78 is 9.52. The van der Waals surface area contributed by atoms with Gasteiger partial charge < -0.3 is 9.13 Å². The van der Waals surface area contributed by atoms with E-state index >= 15 is 0 Å². The molecular formula is C46H26N4S2. The molecule has 0 aliphatic rings. The molecule has 0 unspecified atom stereocenters. The molecule has 242 valence electrons. The maximum absolute atomic E-state index is 11.0. The monoisotopic (exact) mass is 698 g/mol. The number of nitriles is 2. The minimum absolute atomic E-state index is 0.535. The van der Waals surface area contributed by atoms with Gasteiger partial charge in [0.25, 0.3) is 0 Å². The van der Waals surface area contributed by atoms with E-state index in [9.17, 15) is 10.5 Å². The molecule has 11 aromatic rings. The maximum Gasteiger partial charge on any atom is 0.102 e. The van der Waals surface area contributed by atoms with Crippen molar-refractivity contribution in [2.75, 3.05) is 0 Å². The van der Waals surface area contributed by atoms with E-state index < -0.39 is 0 Å². The molecule has 0 spiro atoms. The summed E-state index contributed by atoms with van der Waals surface area (Å²) in [4.78, 5) is 0. The summed E-state index contributed by atoms with van der Waals surface area (Å²) in [5.41, 5.74) is 7.54. The highest BCUT2D eigenvalue weighted by molar-refractivity contribution is 7.26. The van der Waals surface area contributed by atoms with Crippen molar-refractivity contribution >= 4 is 107 Å². The molecule has 0 saturated carbocycles. The van der Waals surface area contributed by atoms with Crippen molar-refractivity contribution in [3.63, 3.8) is 0 Å². The van der Waals surface area contributed by atoms with Gasteiger partial charge in [-0.05, 0) is 66.6 Å². The zero-order valence-corrected chi connectivity index (χ0v) is 29.6. The number of aromatic nitrogens is 2. The first kappa shape index (κ1) is 29.3. The minimum atomic E-state index is 0.535. The molecule has 52 heavy (non-hydrogen) atoms. The molecule has 4 aromatic heterocycles. The van der Waals surface area contributed by atoms with Gasteiger partial charge in [0, 0.05) is 61.9 Å². The van der Waals surface area contributed by atoms with Crippen LogP contribution in [0.2, 0.25) is 0 Å². The third-order valence-corrected chi connectivity index (χ3v) is 13.1. The zero-order valence-electron chi connectivity index (χ0n) is 27.9. The normalized spacial score (nSPS) is 12.0. The van der Waals surface area contributed by atoms with E-state index in [1.807, 2.05) is 29.6 Å². The Hall–Kier alpha value is -6.44. The van der Waals surface area contributed by atoms with Crippen molar-refractivity contribution < 1.29 is 0 Å². The van der Waals surface area contributed by atoms with Gasteiger partial charge in [-0.15, -0.1) is 22.7 Å². The lowest BCUT2D eigenvalue weighted by atomic mass is 9.95. The van der Waals surface area contributed by atoms with Crippen LogP contribution in [0.3, 0.4) is 0 Å². The first-order valence-electron chi connectivity index (χ1n) is 17.4. The minimum Gasteiger partial charge on any atom is -0.308 e. The number of nitrogens with zero attached hydrogens (tertiary/aromatic N) is 4. The van der Waals surface area contributed by atoms with Crippen molar-refractivity contribution in [3.05, 3.63) is 144 Å². The average molecular weight is 699 g/mol. The standard InChI is InChI=1S/C46H26N4S2/c1-2-26-31(24-47)37(49-33-15-7-3-11-27(33)43-35(49)19-21-41-45(43)29-13-5-9-17-39(29)51-41)23-38(32(26)25-48)50-34-16-8-4-12-28(34)44-36(50)20-22-42-46(44)30-14-6-10-18-40(30)52-42/h3-23H,2H2,1H3. The molecule has 0 aliphatic heterocycles. The first-order chi connectivity index (χ1) is 25.7. The van der Waals surface area contributed by atoms with Gasteiger partial charge in [0.05, 0.1) is 44.6 Å². The first-order valence-corrected chi connectivity index (χ1v) is 19.0. The quantitative estimate of drug-likeness (QED) is 0.184. The van der Waals surface area contributed by atoms with Crippen molar-refractivity contribution in [1.29, 1.82) is 10.5 Å². The number of hydrogen-bond donors (Lipinski definition) is 0. The average Bonchev–Trinajstić information content (AvgIpc) is 3.94. The molecule has 6 heteroatoms. The molecule has 0 bridgehead atoms. The SMILES string of the molecule is CCc1c(C#N)c(-n2c3ccccc3c3c4c(ccc32)sc2ccccc24)cc(-n2c3ccccc3c3c4c(ccc32)sc2ccccc24)c1C#N. The fourth-order valence-electron chi connectivity index (χ4n) is 8.73. The van der Waals surface area contributed by atoms with Crippen molar-refractivity contribution in [3.8, 4) is 23.5 Å². The summed E-state index contributed by atoms with van der Waals surface area (Å²) in [6.45, 7) is 2.05. The molecule has 0 radical (unpaired) electrons. The van der Waals surface area contributed by atoms with E-state index in [0.717, 1.165) is 49.8 Å². The lowest BCUT2D eigenvalue weighted by Crippen LogP contribution is -2.08. The third kappa shape index (κ3) is 3.72. The van der Waals surface area contributed by atoms with Gasteiger partial charge in [0.2, 0.25) is 0 Å². The van der Waals surface area contributed by atoms with Crippen LogP contribution >= 0.6 is 22.7 Å². The van der Waals surface area contributed by atoms with Crippen molar-refractivity contribution in [1.82, 2.24) is 9.13 Å². The molecule has 0 saturated heterocycles. The second kappa shape index (κ2) is 10.8. The van der Waals surface area contributed by atoms with Crippen LogP contribution in [0.25, 0.3) is 95.3 Å². The van der Waals surface area contributed by atoms with Crippen molar-refractivity contribution in [2.45, 2.75) is 13.3 Å². The second-order valence-electron chi connectivity index (χ2n) is 13.3. The molecule has 11 rings (SSSR count). The number of rotatable bonds is 3. The Morgan fingerprint density at radius 2 is 0.885 bits per heavy atom. The predicted octanol–water partition coefficient (Wildman–Crippen LogP) is 12.9. The van der Waals surface area contributed by atoms with Gasteiger partial charge in [0.15, 0.2) is 0 Å². The van der Waals surface area contributed by atoms with Crippen molar-refractivity contribution in [2.24, 2.45) is 0 Å². The number of benzene rings is 7. The summed E-state index contributed by atoms with van der Waals surface area (Å²) >= 11 is 3.63. The van der Waals surface area contributed by atoms with E-state index in [4.69, 9.17) is 0 Å². The number of para-hydroxylation sites is 2. The molecule has 7 aromatic carbocycles. The Bertz CT molecular complexity index is 3200. The highest BCUT2D eigenvalue weighted by Crippen LogP contribution is 2.47. The van der Waals surface area contributed by atoms with E-state index in [0.29, 0.717) is 17.5 Å². The van der Waals surface area contributed by atoms with Crippen LogP contribution in [-0.2, 0) is 6.42 Å². The van der Waals surface area contributed by atoms with E-state index in [-0.39, 0.29) is 0 Å². The molecule has 0 amide bonds.